The highest BCUT2D eigenvalue weighted by Crippen LogP contribution is 2.39. The van der Waals surface area contributed by atoms with Crippen molar-refractivity contribution in [3.05, 3.63) is 29.3 Å². The fourth-order valence-corrected chi connectivity index (χ4v) is 1.99. The molecule has 0 spiro atoms. The molecule has 0 bridgehead atoms. The van der Waals surface area contributed by atoms with Crippen molar-refractivity contribution in [1.29, 1.82) is 0 Å². The van der Waals surface area contributed by atoms with Crippen LogP contribution in [0, 0.1) is 0 Å². The molecular formula is C13H17F3O. The summed E-state index contributed by atoms with van der Waals surface area (Å²) in [7, 11) is 1.37. The van der Waals surface area contributed by atoms with Gasteiger partial charge in [0.2, 0.25) is 0 Å². The second-order valence-electron chi connectivity index (χ2n) is 3.96. The number of hydrogen-bond donors (Lipinski definition) is 0. The van der Waals surface area contributed by atoms with Gasteiger partial charge >= 0.3 is 6.18 Å². The zero-order chi connectivity index (χ0) is 13.1. The number of alkyl halides is 3. The number of halogens is 3. The van der Waals surface area contributed by atoms with Crippen molar-refractivity contribution in [2.24, 2.45) is 0 Å². The Balaban J connectivity index is 3.29. The third-order valence-corrected chi connectivity index (χ3v) is 2.99. The molecule has 0 aliphatic rings. The lowest BCUT2D eigenvalue weighted by Crippen LogP contribution is -2.12. The van der Waals surface area contributed by atoms with Gasteiger partial charge in [-0.2, -0.15) is 13.2 Å². The summed E-state index contributed by atoms with van der Waals surface area (Å²) in [5.74, 6) is 0.185. The lowest BCUT2D eigenvalue weighted by atomic mass is 9.89. The molecule has 0 radical (unpaired) electrons. The van der Waals surface area contributed by atoms with Crippen LogP contribution in [0.3, 0.4) is 0 Å². The van der Waals surface area contributed by atoms with Gasteiger partial charge in [0.15, 0.2) is 0 Å². The second kappa shape index (κ2) is 5.43. The van der Waals surface area contributed by atoms with Crippen LogP contribution >= 0.6 is 0 Å². The summed E-state index contributed by atoms with van der Waals surface area (Å²) in [6, 6.07) is 4.19. The molecule has 0 aliphatic heterocycles. The van der Waals surface area contributed by atoms with E-state index in [1.807, 2.05) is 13.8 Å². The summed E-state index contributed by atoms with van der Waals surface area (Å²) in [4.78, 5) is 0. The zero-order valence-electron chi connectivity index (χ0n) is 10.3. The second-order valence-corrected chi connectivity index (χ2v) is 3.96. The van der Waals surface area contributed by atoms with E-state index in [-0.39, 0.29) is 11.7 Å². The highest BCUT2D eigenvalue weighted by molar-refractivity contribution is 5.39. The van der Waals surface area contributed by atoms with Crippen LogP contribution < -0.4 is 4.74 Å². The first-order valence-corrected chi connectivity index (χ1v) is 5.69. The number of ether oxygens (including phenoxy) is 1. The first-order valence-electron chi connectivity index (χ1n) is 5.69. The Labute approximate surface area is 99.6 Å². The molecule has 1 rings (SSSR count). The summed E-state index contributed by atoms with van der Waals surface area (Å²) in [5, 5.41) is 0. The normalized spacial score (nSPS) is 11.9. The van der Waals surface area contributed by atoms with Crippen molar-refractivity contribution in [2.45, 2.75) is 38.8 Å². The molecule has 4 heteroatoms. The van der Waals surface area contributed by atoms with Crippen molar-refractivity contribution in [3.8, 4) is 5.75 Å². The van der Waals surface area contributed by atoms with Crippen molar-refractivity contribution in [1.82, 2.24) is 0 Å². The molecule has 1 aromatic rings. The molecular weight excluding hydrogens is 229 g/mol. The number of benzene rings is 1. The van der Waals surface area contributed by atoms with E-state index in [0.717, 1.165) is 6.07 Å². The maximum atomic E-state index is 12.9. The van der Waals surface area contributed by atoms with Gasteiger partial charge < -0.3 is 4.74 Å². The van der Waals surface area contributed by atoms with Gasteiger partial charge in [-0.1, -0.05) is 19.9 Å². The average Bonchev–Trinajstić information content (AvgIpc) is 2.29. The zero-order valence-corrected chi connectivity index (χ0v) is 10.3. The maximum absolute atomic E-state index is 12.9. The number of rotatable bonds is 4. The molecule has 0 fully saturated rings. The van der Waals surface area contributed by atoms with Gasteiger partial charge in [-0.25, -0.2) is 0 Å². The van der Waals surface area contributed by atoms with E-state index < -0.39 is 11.7 Å². The van der Waals surface area contributed by atoms with Crippen molar-refractivity contribution >= 4 is 0 Å². The van der Waals surface area contributed by atoms with E-state index >= 15 is 0 Å². The molecule has 0 saturated heterocycles. The Kier molecular flexibility index (Phi) is 4.43. The molecule has 0 aliphatic carbocycles. The minimum Gasteiger partial charge on any atom is -0.497 e. The predicted octanol–water partition coefficient (Wildman–Crippen LogP) is 4.62. The molecule has 0 atom stereocenters. The van der Waals surface area contributed by atoms with Crippen LogP contribution in [0.25, 0.3) is 0 Å². The predicted molar refractivity (Wildman–Crippen MR) is 61.3 cm³/mol. The molecule has 0 aromatic heterocycles. The van der Waals surface area contributed by atoms with Crippen molar-refractivity contribution in [3.63, 3.8) is 0 Å². The Morgan fingerprint density at radius 3 is 2.18 bits per heavy atom. The van der Waals surface area contributed by atoms with Crippen molar-refractivity contribution < 1.29 is 17.9 Å². The fourth-order valence-electron chi connectivity index (χ4n) is 1.99. The standard InChI is InChI=1S/C13H17F3O/c1-4-9(5-2)11-7-6-10(17-3)8-12(11)13(14,15)16/h6-9H,4-5H2,1-3H3. The molecule has 0 heterocycles. The summed E-state index contributed by atoms with van der Waals surface area (Å²) in [6.45, 7) is 3.80. The molecule has 1 nitrogen and oxygen atoms in total. The Bertz CT molecular complexity index is 367. The molecule has 0 N–H and O–H groups in total. The van der Waals surface area contributed by atoms with Gasteiger partial charge in [0, 0.05) is 0 Å². The van der Waals surface area contributed by atoms with Gasteiger partial charge in [0.25, 0.3) is 0 Å². The lowest BCUT2D eigenvalue weighted by Gasteiger charge is -2.20. The molecule has 0 amide bonds. The van der Waals surface area contributed by atoms with Gasteiger partial charge in [0.05, 0.1) is 12.7 Å². The van der Waals surface area contributed by atoms with Gasteiger partial charge in [-0.3, -0.25) is 0 Å². The average molecular weight is 246 g/mol. The Morgan fingerprint density at radius 1 is 1.18 bits per heavy atom. The first kappa shape index (κ1) is 13.9. The van der Waals surface area contributed by atoms with E-state index in [0.29, 0.717) is 18.4 Å². The third kappa shape index (κ3) is 3.14. The molecule has 0 saturated carbocycles. The van der Waals surface area contributed by atoms with Crippen LogP contribution in [0.5, 0.6) is 5.75 Å². The molecule has 96 valence electrons. The quantitative estimate of drug-likeness (QED) is 0.753. The van der Waals surface area contributed by atoms with Crippen molar-refractivity contribution in [2.75, 3.05) is 7.11 Å². The summed E-state index contributed by atoms with van der Waals surface area (Å²) in [6.07, 6.45) is -2.93. The van der Waals surface area contributed by atoms with Crippen LogP contribution in [-0.4, -0.2) is 7.11 Å². The number of methoxy groups -OCH3 is 1. The monoisotopic (exact) mass is 246 g/mol. The summed E-state index contributed by atoms with van der Waals surface area (Å²) < 4.78 is 43.7. The van der Waals surface area contributed by atoms with E-state index in [9.17, 15) is 13.2 Å². The number of hydrogen-bond acceptors (Lipinski definition) is 1. The molecule has 1 aromatic carbocycles. The third-order valence-electron chi connectivity index (χ3n) is 2.99. The van der Waals surface area contributed by atoms with Gasteiger partial charge in [-0.05, 0) is 36.5 Å². The SMILES string of the molecule is CCC(CC)c1ccc(OC)cc1C(F)(F)F. The Hall–Kier alpha value is -1.19. The smallest absolute Gasteiger partial charge is 0.416 e. The molecule has 0 unspecified atom stereocenters. The molecule has 17 heavy (non-hydrogen) atoms. The van der Waals surface area contributed by atoms with E-state index in [1.165, 1.54) is 13.2 Å². The van der Waals surface area contributed by atoms with Gasteiger partial charge in [-0.15, -0.1) is 0 Å². The van der Waals surface area contributed by atoms with Crippen LogP contribution in [-0.2, 0) is 6.18 Å². The Morgan fingerprint density at radius 2 is 1.76 bits per heavy atom. The minimum atomic E-state index is -4.33. The highest BCUT2D eigenvalue weighted by atomic mass is 19.4. The van der Waals surface area contributed by atoms with Crippen LogP contribution in [0.4, 0.5) is 13.2 Å². The fraction of sp³-hybridized carbons (Fsp3) is 0.538. The van der Waals surface area contributed by atoms with Gasteiger partial charge in [0.1, 0.15) is 5.75 Å². The largest absolute Gasteiger partial charge is 0.497 e. The lowest BCUT2D eigenvalue weighted by molar-refractivity contribution is -0.138. The summed E-state index contributed by atoms with van der Waals surface area (Å²) >= 11 is 0. The highest BCUT2D eigenvalue weighted by Gasteiger charge is 2.35. The van der Waals surface area contributed by atoms with E-state index in [2.05, 4.69) is 0 Å². The van der Waals surface area contributed by atoms with Crippen LogP contribution in [0.2, 0.25) is 0 Å². The maximum Gasteiger partial charge on any atom is 0.416 e. The topological polar surface area (TPSA) is 9.23 Å². The van der Waals surface area contributed by atoms with Crippen LogP contribution in [0.15, 0.2) is 18.2 Å². The van der Waals surface area contributed by atoms with E-state index in [1.54, 1.807) is 6.07 Å². The van der Waals surface area contributed by atoms with E-state index in [4.69, 9.17) is 4.74 Å². The van der Waals surface area contributed by atoms with Crippen LogP contribution in [0.1, 0.15) is 43.7 Å². The summed E-state index contributed by atoms with van der Waals surface area (Å²) in [5.41, 5.74) is -0.214. The minimum absolute atomic E-state index is 0.0578. The first-order chi connectivity index (χ1) is 7.93.